The Hall–Kier alpha value is -2.48. The minimum Gasteiger partial charge on any atom is -0.467 e. The SMILES string of the molecule is COc1nc(CNC(=O)CCc2ccc(F)c(Cl)c2)nc(N2CCCC2)n1. The fraction of sp³-hybridized carbons (Fsp3) is 0.444. The summed E-state index contributed by atoms with van der Waals surface area (Å²) in [4.78, 5) is 27.1. The maximum Gasteiger partial charge on any atom is 0.321 e. The Morgan fingerprint density at radius 2 is 2.07 bits per heavy atom. The molecule has 1 saturated heterocycles. The third-order valence-corrected chi connectivity index (χ3v) is 4.58. The largest absolute Gasteiger partial charge is 0.467 e. The van der Waals surface area contributed by atoms with Crippen molar-refractivity contribution in [3.8, 4) is 6.01 Å². The van der Waals surface area contributed by atoms with Crippen LogP contribution in [0.1, 0.15) is 30.7 Å². The fourth-order valence-corrected chi connectivity index (χ4v) is 3.04. The highest BCUT2D eigenvalue weighted by Crippen LogP contribution is 2.18. The lowest BCUT2D eigenvalue weighted by Gasteiger charge is -2.16. The van der Waals surface area contributed by atoms with E-state index >= 15 is 0 Å². The van der Waals surface area contributed by atoms with Crippen molar-refractivity contribution in [2.45, 2.75) is 32.2 Å². The van der Waals surface area contributed by atoms with E-state index < -0.39 is 5.82 Å². The molecule has 1 amide bonds. The molecule has 2 aromatic rings. The van der Waals surface area contributed by atoms with E-state index in [0.29, 0.717) is 18.2 Å². The van der Waals surface area contributed by atoms with E-state index in [2.05, 4.69) is 25.2 Å². The van der Waals surface area contributed by atoms with Gasteiger partial charge in [-0.15, -0.1) is 0 Å². The van der Waals surface area contributed by atoms with Gasteiger partial charge in [0.15, 0.2) is 5.82 Å². The van der Waals surface area contributed by atoms with E-state index in [1.54, 1.807) is 6.07 Å². The second kappa shape index (κ2) is 8.94. The molecule has 0 bridgehead atoms. The zero-order valence-corrected chi connectivity index (χ0v) is 15.8. The van der Waals surface area contributed by atoms with E-state index in [9.17, 15) is 9.18 Å². The molecule has 1 aromatic carbocycles. The number of amides is 1. The number of hydrogen-bond acceptors (Lipinski definition) is 6. The number of aromatic nitrogens is 3. The van der Waals surface area contributed by atoms with Crippen molar-refractivity contribution >= 4 is 23.5 Å². The van der Waals surface area contributed by atoms with E-state index in [0.717, 1.165) is 31.5 Å². The minimum absolute atomic E-state index is 0.0552. The molecule has 1 fully saturated rings. The van der Waals surface area contributed by atoms with Gasteiger partial charge in [-0.2, -0.15) is 15.0 Å². The van der Waals surface area contributed by atoms with E-state index in [-0.39, 0.29) is 29.9 Å². The van der Waals surface area contributed by atoms with Crippen LogP contribution in [0.25, 0.3) is 0 Å². The molecule has 0 atom stereocenters. The van der Waals surface area contributed by atoms with Crippen LogP contribution in [-0.2, 0) is 17.8 Å². The van der Waals surface area contributed by atoms with Gasteiger partial charge in [0.2, 0.25) is 11.9 Å². The predicted octanol–water partition coefficient (Wildman–Crippen LogP) is 2.52. The van der Waals surface area contributed by atoms with Gasteiger partial charge < -0.3 is 15.0 Å². The lowest BCUT2D eigenvalue weighted by atomic mass is 10.1. The summed E-state index contributed by atoms with van der Waals surface area (Å²) in [5, 5.41) is 2.85. The Bertz CT molecular complexity index is 814. The van der Waals surface area contributed by atoms with Gasteiger partial charge in [0.25, 0.3) is 0 Å². The van der Waals surface area contributed by atoms with Gasteiger partial charge in [-0.05, 0) is 37.0 Å². The van der Waals surface area contributed by atoms with Crippen LogP contribution in [0.3, 0.4) is 0 Å². The van der Waals surface area contributed by atoms with Gasteiger partial charge in [-0.25, -0.2) is 4.39 Å². The molecule has 1 aliphatic heterocycles. The maximum atomic E-state index is 13.2. The first-order chi connectivity index (χ1) is 13.0. The Balaban J connectivity index is 1.56. The maximum absolute atomic E-state index is 13.2. The van der Waals surface area contributed by atoms with Crippen molar-refractivity contribution in [3.63, 3.8) is 0 Å². The first-order valence-corrected chi connectivity index (χ1v) is 9.17. The molecule has 0 radical (unpaired) electrons. The molecule has 27 heavy (non-hydrogen) atoms. The number of ether oxygens (including phenoxy) is 1. The van der Waals surface area contributed by atoms with Crippen LogP contribution >= 0.6 is 11.6 Å². The average Bonchev–Trinajstić information content (AvgIpc) is 3.22. The summed E-state index contributed by atoms with van der Waals surface area (Å²) in [7, 11) is 1.50. The number of nitrogens with zero attached hydrogens (tertiary/aromatic N) is 4. The standard InChI is InChI=1S/C18H21ClFN5O2/c1-27-18-23-15(22-17(24-18)25-8-2-3-9-25)11-21-16(26)7-5-12-4-6-14(20)13(19)10-12/h4,6,10H,2-3,5,7-9,11H2,1H3,(H,21,26). The number of hydrogen-bond donors (Lipinski definition) is 1. The number of methoxy groups -OCH3 is 1. The molecule has 0 unspecified atom stereocenters. The normalized spacial score (nSPS) is 13.7. The first-order valence-electron chi connectivity index (χ1n) is 8.79. The number of rotatable bonds is 7. The number of carbonyl (C=O) groups excluding carboxylic acids is 1. The molecule has 0 aliphatic carbocycles. The zero-order chi connectivity index (χ0) is 19.2. The topological polar surface area (TPSA) is 80.2 Å². The molecule has 144 valence electrons. The lowest BCUT2D eigenvalue weighted by Crippen LogP contribution is -2.26. The van der Waals surface area contributed by atoms with Crippen LogP contribution in [0.15, 0.2) is 18.2 Å². The lowest BCUT2D eigenvalue weighted by molar-refractivity contribution is -0.121. The second-order valence-electron chi connectivity index (χ2n) is 6.26. The molecule has 9 heteroatoms. The van der Waals surface area contributed by atoms with Gasteiger partial charge in [-0.1, -0.05) is 17.7 Å². The van der Waals surface area contributed by atoms with Gasteiger partial charge in [0.1, 0.15) is 5.82 Å². The molecule has 7 nitrogen and oxygen atoms in total. The van der Waals surface area contributed by atoms with Crippen molar-refractivity contribution in [2.24, 2.45) is 0 Å². The number of anilines is 1. The first kappa shape index (κ1) is 19.3. The Morgan fingerprint density at radius 3 is 2.78 bits per heavy atom. The van der Waals surface area contributed by atoms with Crippen LogP contribution < -0.4 is 15.0 Å². The molecular weight excluding hydrogens is 373 g/mol. The number of aryl methyl sites for hydroxylation is 1. The van der Waals surface area contributed by atoms with E-state index in [1.807, 2.05) is 0 Å². The Labute approximate surface area is 161 Å². The monoisotopic (exact) mass is 393 g/mol. The fourth-order valence-electron chi connectivity index (χ4n) is 2.83. The van der Waals surface area contributed by atoms with Gasteiger partial charge >= 0.3 is 6.01 Å². The molecule has 0 spiro atoms. The van der Waals surface area contributed by atoms with Crippen LogP contribution in [0.5, 0.6) is 6.01 Å². The predicted molar refractivity (Wildman–Crippen MR) is 99.4 cm³/mol. The Morgan fingerprint density at radius 1 is 1.30 bits per heavy atom. The molecule has 1 aromatic heterocycles. The van der Waals surface area contributed by atoms with Crippen LogP contribution in [0, 0.1) is 5.82 Å². The summed E-state index contributed by atoms with van der Waals surface area (Å²) < 4.78 is 18.3. The smallest absolute Gasteiger partial charge is 0.321 e. The summed E-state index contributed by atoms with van der Waals surface area (Å²) in [6.07, 6.45) is 2.93. The summed E-state index contributed by atoms with van der Waals surface area (Å²) in [5.41, 5.74) is 0.801. The molecule has 3 rings (SSSR count). The van der Waals surface area contributed by atoms with Gasteiger partial charge in [0.05, 0.1) is 18.7 Å². The van der Waals surface area contributed by atoms with Crippen LogP contribution in [0.2, 0.25) is 5.02 Å². The quantitative estimate of drug-likeness (QED) is 0.778. The van der Waals surface area contributed by atoms with E-state index in [4.69, 9.17) is 16.3 Å². The summed E-state index contributed by atoms with van der Waals surface area (Å²) in [6.45, 7) is 1.99. The third kappa shape index (κ3) is 5.26. The van der Waals surface area contributed by atoms with Crippen molar-refractivity contribution in [3.05, 3.63) is 40.4 Å². The average molecular weight is 394 g/mol. The highest BCUT2D eigenvalue weighted by Gasteiger charge is 2.18. The minimum atomic E-state index is -0.470. The van der Waals surface area contributed by atoms with Gasteiger partial charge in [-0.3, -0.25) is 4.79 Å². The number of nitrogens with one attached hydrogen (secondary N) is 1. The highest BCUT2D eigenvalue weighted by molar-refractivity contribution is 6.30. The van der Waals surface area contributed by atoms with E-state index in [1.165, 1.54) is 19.2 Å². The summed E-state index contributed by atoms with van der Waals surface area (Å²) in [6, 6.07) is 4.68. The molecule has 2 heterocycles. The van der Waals surface area contributed by atoms with Gasteiger partial charge in [0, 0.05) is 19.5 Å². The Kier molecular flexibility index (Phi) is 6.39. The second-order valence-corrected chi connectivity index (χ2v) is 6.66. The molecular formula is C18H21ClFN5O2. The molecule has 1 aliphatic rings. The number of benzene rings is 1. The van der Waals surface area contributed by atoms with Crippen molar-refractivity contribution < 1.29 is 13.9 Å². The third-order valence-electron chi connectivity index (χ3n) is 4.29. The molecule has 0 saturated carbocycles. The van der Waals surface area contributed by atoms with Crippen molar-refractivity contribution in [1.82, 2.24) is 20.3 Å². The van der Waals surface area contributed by atoms with Crippen LogP contribution in [0.4, 0.5) is 10.3 Å². The number of carbonyl (C=O) groups is 1. The van der Waals surface area contributed by atoms with Crippen molar-refractivity contribution in [1.29, 1.82) is 0 Å². The molecule has 1 N–H and O–H groups in total. The summed E-state index contributed by atoms with van der Waals surface area (Å²) in [5.74, 6) is 0.395. The van der Waals surface area contributed by atoms with Crippen molar-refractivity contribution in [2.75, 3.05) is 25.1 Å². The number of halogens is 2. The highest BCUT2D eigenvalue weighted by atomic mass is 35.5. The zero-order valence-electron chi connectivity index (χ0n) is 15.0. The summed E-state index contributed by atoms with van der Waals surface area (Å²) >= 11 is 5.75. The van der Waals surface area contributed by atoms with Crippen LogP contribution in [-0.4, -0.2) is 41.1 Å².